The second-order valence-corrected chi connectivity index (χ2v) is 11.6. The second-order valence-electron chi connectivity index (χ2n) is 11.6. The molecule has 1 fully saturated rings. The fraction of sp³-hybridized carbons (Fsp3) is 0.0909. The number of hydrogen-bond donors (Lipinski definition) is 0. The highest BCUT2D eigenvalue weighted by molar-refractivity contribution is 6.03. The molecule has 1 aliphatic rings. The molecule has 0 bridgehead atoms. The summed E-state index contributed by atoms with van der Waals surface area (Å²) in [6.45, 7) is 3.49. The standard InChI is InChI=1S/C44H37NO/c1-2-7-13-42(39-24-22-36(23-25-39)37-26-28-40(29-27-37)45-30-32-46-33-31-45)44-15-9-8-14-43(44)41(12-6-1)38-20-18-35(19-21-38)17-16-34-10-4-3-5-11-34/h1-29H,30-33H2/b2-1?,6-1?,7-2?,12-6?,13-7?,17-16+,41-12?,42-13?,43-41?,44-42?. The maximum atomic E-state index is 5.52. The number of anilines is 1. The van der Waals surface area contributed by atoms with Crippen LogP contribution < -0.4 is 4.90 Å². The zero-order valence-electron chi connectivity index (χ0n) is 25.9. The Morgan fingerprint density at radius 3 is 1.37 bits per heavy atom. The fourth-order valence-electron chi connectivity index (χ4n) is 6.13. The van der Waals surface area contributed by atoms with Crippen molar-refractivity contribution in [1.29, 1.82) is 0 Å². The molecule has 0 atom stereocenters. The lowest BCUT2D eigenvalue weighted by Crippen LogP contribution is -2.36. The van der Waals surface area contributed by atoms with Crippen LogP contribution in [0.1, 0.15) is 11.1 Å². The summed E-state index contributed by atoms with van der Waals surface area (Å²) < 4.78 is 5.52. The Kier molecular flexibility index (Phi) is 8.98. The van der Waals surface area contributed by atoms with Gasteiger partial charge in [-0.3, -0.25) is 0 Å². The predicted octanol–water partition coefficient (Wildman–Crippen LogP) is 11.0. The van der Waals surface area contributed by atoms with Crippen molar-refractivity contribution in [2.24, 2.45) is 0 Å². The van der Waals surface area contributed by atoms with Crippen LogP contribution in [0.2, 0.25) is 0 Å². The van der Waals surface area contributed by atoms with Gasteiger partial charge in [0.15, 0.2) is 0 Å². The molecule has 1 saturated heterocycles. The average Bonchev–Trinajstić information content (AvgIpc) is 3.14. The predicted molar refractivity (Wildman–Crippen MR) is 196 cm³/mol. The first-order valence-electron chi connectivity index (χ1n) is 16.0. The van der Waals surface area contributed by atoms with Crippen LogP contribution in [0.15, 0.2) is 164 Å². The normalized spacial score (nSPS) is 13.1. The third kappa shape index (κ3) is 6.78. The smallest absolute Gasteiger partial charge is 0.0642 e. The van der Waals surface area contributed by atoms with Crippen molar-refractivity contribution in [3.05, 3.63) is 175 Å². The molecule has 6 aromatic rings. The van der Waals surface area contributed by atoms with E-state index < -0.39 is 0 Å². The summed E-state index contributed by atoms with van der Waals surface area (Å²) in [4.78, 5) is 2.39. The van der Waals surface area contributed by atoms with Gasteiger partial charge < -0.3 is 9.64 Å². The largest absolute Gasteiger partial charge is 0.378 e. The van der Waals surface area contributed by atoms with Gasteiger partial charge in [0.2, 0.25) is 0 Å². The van der Waals surface area contributed by atoms with Crippen LogP contribution in [-0.4, -0.2) is 26.3 Å². The topological polar surface area (TPSA) is 12.5 Å². The van der Waals surface area contributed by atoms with E-state index in [1.807, 2.05) is 6.07 Å². The number of morpholine rings is 1. The molecule has 1 heterocycles. The highest BCUT2D eigenvalue weighted by Crippen LogP contribution is 2.34. The van der Waals surface area contributed by atoms with E-state index in [0.717, 1.165) is 26.3 Å². The first-order valence-corrected chi connectivity index (χ1v) is 16.0. The lowest BCUT2D eigenvalue weighted by Gasteiger charge is -2.28. The van der Waals surface area contributed by atoms with Gasteiger partial charge in [-0.15, -0.1) is 0 Å². The maximum Gasteiger partial charge on any atom is 0.0642 e. The summed E-state index contributed by atoms with van der Waals surface area (Å²) in [6.07, 6.45) is 4.33. The minimum Gasteiger partial charge on any atom is -0.378 e. The molecule has 0 aromatic heterocycles. The van der Waals surface area contributed by atoms with Crippen LogP contribution in [0, 0.1) is 0 Å². The average molecular weight is 596 g/mol. The summed E-state index contributed by atoms with van der Waals surface area (Å²) in [6, 6.07) is 58.8. The molecule has 224 valence electrons. The molecule has 0 unspecified atom stereocenters. The van der Waals surface area contributed by atoms with Crippen LogP contribution in [-0.2, 0) is 4.74 Å². The first kappa shape index (κ1) is 29.3. The summed E-state index contributed by atoms with van der Waals surface area (Å²) >= 11 is 0. The van der Waals surface area contributed by atoms with Crippen molar-refractivity contribution in [1.82, 2.24) is 0 Å². The minimum absolute atomic E-state index is 0.796. The van der Waals surface area contributed by atoms with Crippen molar-refractivity contribution >= 4 is 28.6 Å². The molecule has 1 aliphatic heterocycles. The quantitative estimate of drug-likeness (QED) is 0.178. The lowest BCUT2D eigenvalue weighted by molar-refractivity contribution is 0.122. The van der Waals surface area contributed by atoms with E-state index in [-0.39, 0.29) is 0 Å². The number of ether oxygens (including phenoxy) is 1. The van der Waals surface area contributed by atoms with Gasteiger partial charge in [-0.05, 0) is 67.4 Å². The number of benzene rings is 5. The molecular weight excluding hydrogens is 558 g/mol. The summed E-state index contributed by atoms with van der Waals surface area (Å²) in [5, 5.41) is 2.42. The SMILES string of the molecule is C(=C\c1ccc(-c2ccccccc(-c3ccc(-c4ccc(N5CCOCC5)cc4)cc3)c3ccccc23)cc1)/c1ccccc1. The van der Waals surface area contributed by atoms with Crippen LogP contribution in [0.25, 0.3) is 56.3 Å². The van der Waals surface area contributed by atoms with Gasteiger partial charge in [0.05, 0.1) is 13.2 Å². The zero-order valence-corrected chi connectivity index (χ0v) is 25.9. The molecular formula is C44H37NO. The third-order valence-corrected chi connectivity index (χ3v) is 8.63. The number of rotatable bonds is 6. The summed E-state index contributed by atoms with van der Waals surface area (Å²) in [7, 11) is 0. The molecule has 6 aromatic carbocycles. The Hall–Kier alpha value is -5.44. The van der Waals surface area contributed by atoms with Crippen molar-refractivity contribution in [2.75, 3.05) is 31.2 Å². The van der Waals surface area contributed by atoms with E-state index in [1.54, 1.807) is 0 Å². The fourth-order valence-corrected chi connectivity index (χ4v) is 6.13. The zero-order chi connectivity index (χ0) is 31.0. The molecule has 0 aliphatic carbocycles. The van der Waals surface area contributed by atoms with Gasteiger partial charge in [0.1, 0.15) is 0 Å². The molecule has 0 amide bonds. The molecule has 2 heteroatoms. The molecule has 0 radical (unpaired) electrons. The van der Waals surface area contributed by atoms with Gasteiger partial charge >= 0.3 is 0 Å². The maximum absolute atomic E-state index is 5.52. The summed E-state index contributed by atoms with van der Waals surface area (Å²) in [5.74, 6) is 0. The van der Waals surface area contributed by atoms with Gasteiger partial charge in [-0.1, -0.05) is 164 Å². The molecule has 46 heavy (non-hydrogen) atoms. The van der Waals surface area contributed by atoms with E-state index in [4.69, 9.17) is 4.74 Å². The lowest BCUT2D eigenvalue weighted by atomic mass is 9.94. The van der Waals surface area contributed by atoms with E-state index in [9.17, 15) is 0 Å². The monoisotopic (exact) mass is 595 g/mol. The van der Waals surface area contributed by atoms with Crippen LogP contribution >= 0.6 is 0 Å². The van der Waals surface area contributed by atoms with Crippen molar-refractivity contribution in [3.63, 3.8) is 0 Å². The van der Waals surface area contributed by atoms with Gasteiger partial charge in [-0.2, -0.15) is 0 Å². The summed E-state index contributed by atoms with van der Waals surface area (Å²) in [5.41, 5.74) is 10.8. The van der Waals surface area contributed by atoms with E-state index in [0.29, 0.717) is 0 Å². The number of fused-ring (bicyclic) bond motifs is 1. The van der Waals surface area contributed by atoms with E-state index >= 15 is 0 Å². The van der Waals surface area contributed by atoms with Crippen LogP contribution in [0.4, 0.5) is 5.69 Å². The van der Waals surface area contributed by atoms with Crippen LogP contribution in [0.3, 0.4) is 0 Å². The Balaban J connectivity index is 1.23. The third-order valence-electron chi connectivity index (χ3n) is 8.63. The van der Waals surface area contributed by atoms with Gasteiger partial charge in [0.25, 0.3) is 0 Å². The first-order chi connectivity index (χ1) is 22.8. The Morgan fingerprint density at radius 1 is 0.391 bits per heavy atom. The Morgan fingerprint density at radius 2 is 0.804 bits per heavy atom. The van der Waals surface area contributed by atoms with Crippen molar-refractivity contribution < 1.29 is 4.74 Å². The molecule has 0 N–H and O–H groups in total. The number of hydrogen-bond acceptors (Lipinski definition) is 2. The van der Waals surface area contributed by atoms with Crippen molar-refractivity contribution in [3.8, 4) is 33.4 Å². The molecule has 2 nitrogen and oxygen atoms in total. The van der Waals surface area contributed by atoms with Gasteiger partial charge in [-0.25, -0.2) is 0 Å². The Labute approximate surface area is 272 Å². The second kappa shape index (κ2) is 14.1. The molecule has 7 rings (SSSR count). The molecule has 0 spiro atoms. The number of nitrogens with zero attached hydrogens (tertiary/aromatic N) is 1. The highest BCUT2D eigenvalue weighted by atomic mass is 16.5. The highest BCUT2D eigenvalue weighted by Gasteiger charge is 2.11. The van der Waals surface area contributed by atoms with Crippen LogP contribution in [0.5, 0.6) is 0 Å². The Bertz CT molecular complexity index is 1980. The van der Waals surface area contributed by atoms with E-state index in [1.165, 1.54) is 61.0 Å². The molecule has 0 saturated carbocycles. The van der Waals surface area contributed by atoms with Crippen molar-refractivity contribution in [2.45, 2.75) is 0 Å². The van der Waals surface area contributed by atoms with Gasteiger partial charge in [0, 0.05) is 18.8 Å². The van der Waals surface area contributed by atoms with E-state index in [2.05, 4.69) is 175 Å². The minimum atomic E-state index is 0.796.